The molecule has 0 heterocycles. The molecule has 0 saturated heterocycles. The summed E-state index contributed by atoms with van der Waals surface area (Å²) >= 11 is 0. The van der Waals surface area contributed by atoms with Crippen LogP contribution in [0.2, 0.25) is 0 Å². The van der Waals surface area contributed by atoms with Crippen molar-refractivity contribution in [1.29, 1.82) is 0 Å². The van der Waals surface area contributed by atoms with E-state index in [0.29, 0.717) is 0 Å². The van der Waals surface area contributed by atoms with Crippen molar-refractivity contribution in [2.45, 2.75) is 0 Å². The van der Waals surface area contributed by atoms with Gasteiger partial charge in [0.05, 0.1) is 0 Å². The van der Waals surface area contributed by atoms with Gasteiger partial charge in [-0.25, -0.2) is 0 Å². The van der Waals surface area contributed by atoms with Crippen molar-refractivity contribution in [3.05, 3.63) is 31.9 Å². The number of nitrogens with two attached hydrogens (primary N) is 1. The van der Waals surface area contributed by atoms with Crippen LogP contribution < -0.4 is 0 Å². The largest absolute Gasteiger partial charge is 2.00 e. The van der Waals surface area contributed by atoms with Gasteiger partial charge >= 0.3 is 19.5 Å². The number of hydrogen-bond acceptors (Lipinski definition) is 4. The molecule has 9 heteroatoms. The molecule has 0 spiro atoms. The van der Waals surface area contributed by atoms with Gasteiger partial charge in [-0.05, 0) is 5.53 Å². The summed E-state index contributed by atoms with van der Waals surface area (Å²) in [6.07, 6.45) is 0. The molecular formula is H2N4O4Rh. The minimum Gasteiger partial charge on any atom is -0.693 e. The van der Waals surface area contributed by atoms with E-state index in [4.69, 9.17) is 20.2 Å². The predicted molar refractivity (Wildman–Crippen MR) is 22.6 cm³/mol. The minimum atomic E-state index is -1.38. The summed E-state index contributed by atoms with van der Waals surface area (Å²) in [7, 11) is 0. The van der Waals surface area contributed by atoms with Crippen molar-refractivity contribution in [2.75, 3.05) is 0 Å². The molecule has 0 fully saturated rings. The molecule has 0 aromatic carbocycles. The van der Waals surface area contributed by atoms with Crippen molar-refractivity contribution in [3.63, 3.8) is 0 Å². The van der Waals surface area contributed by atoms with E-state index in [1.165, 1.54) is 0 Å². The van der Waals surface area contributed by atoms with E-state index in [-0.39, 0.29) is 25.6 Å². The van der Waals surface area contributed by atoms with Crippen LogP contribution in [0.25, 0.3) is 11.7 Å². The molecule has 0 bridgehead atoms. The van der Waals surface area contributed by atoms with E-state index < -0.39 is 10.1 Å². The molecule has 55 valence electrons. The Morgan fingerprint density at radius 2 is 1.33 bits per heavy atom. The fourth-order valence-corrected chi connectivity index (χ4v) is 0.0596. The van der Waals surface area contributed by atoms with Crippen molar-refractivity contribution < 1.29 is 29.5 Å². The van der Waals surface area contributed by atoms with Crippen LogP contribution >= 0.6 is 0 Å². The van der Waals surface area contributed by atoms with Crippen LogP contribution in [0.5, 0.6) is 0 Å². The average molecular weight is 225 g/mol. The van der Waals surface area contributed by atoms with E-state index in [0.717, 1.165) is 0 Å². The monoisotopic (exact) mass is 225 g/mol. The van der Waals surface area contributed by atoms with Gasteiger partial charge in [-0.1, -0.05) is 0 Å². The Morgan fingerprint density at radius 3 is 1.33 bits per heavy atom. The SMILES string of the molecule is O=[N+]([O-])[N-][N+](=O)[O-].[NH2-].[Rh+2]. The number of rotatable bonds is 2. The minimum absolute atomic E-state index is 0. The van der Waals surface area contributed by atoms with Gasteiger partial charge in [0.1, 0.15) is 0 Å². The first-order valence-electron chi connectivity index (χ1n) is 1.13. The molecule has 0 atom stereocenters. The zero-order valence-electron chi connectivity index (χ0n) is 3.89. The van der Waals surface area contributed by atoms with Gasteiger partial charge < -0.3 is 6.15 Å². The second-order valence-electron chi connectivity index (χ2n) is 0.565. The maximum Gasteiger partial charge on any atom is 2.00 e. The number of hydrogen-bond donors (Lipinski definition) is 0. The van der Waals surface area contributed by atoms with E-state index in [9.17, 15) is 0 Å². The predicted octanol–water partition coefficient (Wildman–Crippen LogP) is 0.458. The van der Waals surface area contributed by atoms with Gasteiger partial charge in [-0.3, -0.25) is 20.2 Å². The molecule has 0 unspecified atom stereocenters. The maximum atomic E-state index is 9.01. The fourth-order valence-electron chi connectivity index (χ4n) is 0.0596. The van der Waals surface area contributed by atoms with Crippen LogP contribution in [0, 0.1) is 20.2 Å². The Bertz CT molecular complexity index is 88.7. The molecule has 0 amide bonds. The fraction of sp³-hybridized carbons (Fsp3) is 0. The zero-order chi connectivity index (χ0) is 5.86. The van der Waals surface area contributed by atoms with Crippen LogP contribution in [0.4, 0.5) is 0 Å². The quantitative estimate of drug-likeness (QED) is 0.383. The van der Waals surface area contributed by atoms with Crippen LogP contribution in [0.1, 0.15) is 0 Å². The maximum absolute atomic E-state index is 9.01. The third-order valence-electron chi connectivity index (χ3n) is 0.146. The molecule has 0 saturated carbocycles. The Labute approximate surface area is 62.2 Å². The van der Waals surface area contributed by atoms with Crippen molar-refractivity contribution in [3.8, 4) is 0 Å². The summed E-state index contributed by atoms with van der Waals surface area (Å²) in [5, 5.41) is 15.3. The number of nitro groups is 2. The first kappa shape index (κ1) is 15.7. The van der Waals surface area contributed by atoms with Crippen molar-refractivity contribution >= 4 is 0 Å². The van der Waals surface area contributed by atoms with Crippen LogP contribution in [0.3, 0.4) is 0 Å². The Hall–Kier alpha value is -0.817. The normalized spacial score (nSPS) is 5.78. The third-order valence-corrected chi connectivity index (χ3v) is 0.146. The molecule has 0 aromatic rings. The van der Waals surface area contributed by atoms with Gasteiger partial charge in [0.25, 0.3) is 0 Å². The summed E-state index contributed by atoms with van der Waals surface area (Å²) in [6, 6.07) is 0. The summed E-state index contributed by atoms with van der Waals surface area (Å²) in [5.74, 6) is 0. The summed E-state index contributed by atoms with van der Waals surface area (Å²) in [5.41, 5.74) is 1.72. The standard InChI is InChI=1S/N3O4.H2N.Rh/c4-2(5)1-3(6)7;;/h;1H2;/q2*-1;+2. The molecule has 9 heavy (non-hydrogen) atoms. The second kappa shape index (κ2) is 7.18. The molecular weight excluding hydrogens is 223 g/mol. The molecule has 1 radical (unpaired) electrons. The Balaban J connectivity index is -0.000000180. The average Bonchev–Trinajstić information content (AvgIpc) is 1.27. The van der Waals surface area contributed by atoms with Gasteiger partial charge in [-0.2, -0.15) is 0 Å². The number of nitrogens with zero attached hydrogens (tertiary/aromatic N) is 3. The van der Waals surface area contributed by atoms with E-state index in [1.54, 1.807) is 5.53 Å². The smallest absolute Gasteiger partial charge is 0.693 e. The topological polar surface area (TPSA) is 134 Å². The summed E-state index contributed by atoms with van der Waals surface area (Å²) in [4.78, 5) is 18.0. The molecule has 2 N–H and O–H groups in total. The van der Waals surface area contributed by atoms with Crippen molar-refractivity contribution in [1.82, 2.24) is 0 Å². The second-order valence-corrected chi connectivity index (χ2v) is 0.565. The van der Waals surface area contributed by atoms with Crippen molar-refractivity contribution in [2.24, 2.45) is 0 Å². The zero-order valence-corrected chi connectivity index (χ0v) is 5.52. The van der Waals surface area contributed by atoms with E-state index in [1.807, 2.05) is 0 Å². The summed E-state index contributed by atoms with van der Waals surface area (Å²) in [6.45, 7) is 0. The van der Waals surface area contributed by atoms with E-state index >= 15 is 0 Å². The van der Waals surface area contributed by atoms with E-state index in [2.05, 4.69) is 0 Å². The molecule has 8 nitrogen and oxygen atoms in total. The first-order valence-corrected chi connectivity index (χ1v) is 1.13. The third kappa shape index (κ3) is 19.0. The van der Waals surface area contributed by atoms with Gasteiger partial charge in [0.15, 0.2) is 0 Å². The van der Waals surface area contributed by atoms with Gasteiger partial charge in [-0.15, -0.1) is 0 Å². The molecule has 0 aliphatic heterocycles. The molecule has 0 aliphatic rings. The Kier molecular flexibility index (Phi) is 12.5. The van der Waals surface area contributed by atoms with Crippen LogP contribution in [-0.2, 0) is 19.5 Å². The summed E-state index contributed by atoms with van der Waals surface area (Å²) < 4.78 is 0. The van der Waals surface area contributed by atoms with Gasteiger partial charge in [0.2, 0.25) is 0 Å². The molecule has 0 aliphatic carbocycles. The Morgan fingerprint density at radius 1 is 1.11 bits per heavy atom. The molecule has 0 aromatic heterocycles. The molecule has 0 rings (SSSR count). The van der Waals surface area contributed by atoms with Gasteiger partial charge in [0, 0.05) is 10.1 Å². The van der Waals surface area contributed by atoms with Crippen LogP contribution in [-0.4, -0.2) is 10.1 Å². The van der Waals surface area contributed by atoms with Crippen LogP contribution in [0.15, 0.2) is 0 Å². The first-order chi connectivity index (χ1) is 3.13.